The predicted octanol–water partition coefficient (Wildman–Crippen LogP) is 1.86. The maximum Gasteiger partial charge on any atom is 0.305 e. The van der Waals surface area contributed by atoms with Gasteiger partial charge in [0.25, 0.3) is 0 Å². The van der Waals surface area contributed by atoms with E-state index in [9.17, 15) is 4.79 Å². The van der Waals surface area contributed by atoms with E-state index in [1.807, 2.05) is 0 Å². The summed E-state index contributed by atoms with van der Waals surface area (Å²) in [6, 6.07) is 1.30. The Balaban J connectivity index is 1.83. The molecule has 15 heavy (non-hydrogen) atoms. The van der Waals surface area contributed by atoms with Gasteiger partial charge in [-0.05, 0) is 31.6 Å². The van der Waals surface area contributed by atoms with Crippen molar-refractivity contribution in [3.63, 3.8) is 0 Å². The van der Waals surface area contributed by atoms with Crippen molar-refractivity contribution in [3.05, 3.63) is 0 Å². The Bertz CT molecular complexity index is 226. The van der Waals surface area contributed by atoms with Crippen LogP contribution in [-0.4, -0.2) is 25.2 Å². The Morgan fingerprint density at radius 2 is 2.00 bits per heavy atom. The van der Waals surface area contributed by atoms with E-state index in [1.54, 1.807) is 0 Å². The van der Waals surface area contributed by atoms with Gasteiger partial charge in [-0.25, -0.2) is 0 Å². The van der Waals surface area contributed by atoms with Crippen LogP contribution in [0.3, 0.4) is 0 Å². The number of nitrogens with one attached hydrogen (secondary N) is 1. The molecule has 2 saturated carbocycles. The van der Waals surface area contributed by atoms with Gasteiger partial charge in [-0.3, -0.25) is 4.79 Å². The van der Waals surface area contributed by atoms with Crippen LogP contribution < -0.4 is 5.32 Å². The zero-order chi connectivity index (χ0) is 10.7. The first-order valence-electron chi connectivity index (χ1n) is 6.12. The summed E-state index contributed by atoms with van der Waals surface area (Å²) in [6.07, 6.45) is 8.23. The molecule has 2 atom stereocenters. The van der Waals surface area contributed by atoms with Crippen molar-refractivity contribution < 1.29 is 9.53 Å². The minimum atomic E-state index is -0.0514. The van der Waals surface area contributed by atoms with Gasteiger partial charge in [0.1, 0.15) is 0 Å². The second-order valence-corrected chi connectivity index (χ2v) is 4.87. The van der Waals surface area contributed by atoms with Crippen molar-refractivity contribution in [2.45, 2.75) is 57.0 Å². The molecule has 3 heteroatoms. The van der Waals surface area contributed by atoms with Gasteiger partial charge >= 0.3 is 5.97 Å². The monoisotopic (exact) mass is 211 g/mol. The van der Waals surface area contributed by atoms with Gasteiger partial charge in [0.05, 0.1) is 7.11 Å². The fourth-order valence-corrected chi connectivity index (χ4v) is 2.52. The lowest BCUT2D eigenvalue weighted by molar-refractivity contribution is -0.142. The highest BCUT2D eigenvalue weighted by Gasteiger charge is 2.32. The molecule has 0 aromatic rings. The topological polar surface area (TPSA) is 38.3 Å². The molecule has 0 heterocycles. The van der Waals surface area contributed by atoms with Crippen LogP contribution in [0.4, 0.5) is 0 Å². The predicted molar refractivity (Wildman–Crippen MR) is 58.5 cm³/mol. The van der Waals surface area contributed by atoms with Crippen LogP contribution in [0.2, 0.25) is 0 Å². The Labute approximate surface area is 91.6 Å². The zero-order valence-electron chi connectivity index (χ0n) is 9.50. The highest BCUT2D eigenvalue weighted by Crippen LogP contribution is 2.30. The molecule has 0 aliphatic heterocycles. The molecule has 0 amide bonds. The molecule has 0 bridgehead atoms. The van der Waals surface area contributed by atoms with E-state index in [-0.39, 0.29) is 5.97 Å². The number of rotatable bonds is 4. The summed E-state index contributed by atoms with van der Waals surface area (Å²) in [6.45, 7) is 0. The van der Waals surface area contributed by atoms with Crippen molar-refractivity contribution >= 4 is 5.97 Å². The molecule has 0 radical (unpaired) electrons. The van der Waals surface area contributed by atoms with Crippen LogP contribution in [0.25, 0.3) is 0 Å². The average molecular weight is 211 g/mol. The van der Waals surface area contributed by atoms with Gasteiger partial charge < -0.3 is 10.1 Å². The number of hydrogen-bond acceptors (Lipinski definition) is 3. The third-order valence-corrected chi connectivity index (χ3v) is 3.59. The van der Waals surface area contributed by atoms with Gasteiger partial charge in [0.15, 0.2) is 0 Å². The SMILES string of the molecule is COC(=O)CC1CCCCC1NC1CC1. The van der Waals surface area contributed by atoms with Crippen molar-refractivity contribution in [2.75, 3.05) is 7.11 Å². The van der Waals surface area contributed by atoms with Crippen LogP contribution >= 0.6 is 0 Å². The summed E-state index contributed by atoms with van der Waals surface area (Å²) >= 11 is 0. The first-order valence-corrected chi connectivity index (χ1v) is 6.12. The molecule has 0 spiro atoms. The lowest BCUT2D eigenvalue weighted by Gasteiger charge is -2.31. The van der Waals surface area contributed by atoms with Gasteiger partial charge in [-0.15, -0.1) is 0 Å². The molecular weight excluding hydrogens is 190 g/mol. The number of methoxy groups -OCH3 is 1. The summed E-state index contributed by atoms with van der Waals surface area (Å²) in [5, 5.41) is 3.66. The smallest absolute Gasteiger partial charge is 0.305 e. The minimum Gasteiger partial charge on any atom is -0.469 e. The highest BCUT2D eigenvalue weighted by atomic mass is 16.5. The van der Waals surface area contributed by atoms with E-state index >= 15 is 0 Å². The Kier molecular flexibility index (Phi) is 3.62. The van der Waals surface area contributed by atoms with Crippen LogP contribution in [0.15, 0.2) is 0 Å². The van der Waals surface area contributed by atoms with Gasteiger partial charge in [-0.1, -0.05) is 12.8 Å². The Morgan fingerprint density at radius 1 is 1.27 bits per heavy atom. The first kappa shape index (κ1) is 10.9. The van der Waals surface area contributed by atoms with E-state index in [0.29, 0.717) is 18.4 Å². The van der Waals surface area contributed by atoms with Crippen LogP contribution in [0.1, 0.15) is 44.9 Å². The van der Waals surface area contributed by atoms with Crippen LogP contribution in [0.5, 0.6) is 0 Å². The number of hydrogen-bond donors (Lipinski definition) is 1. The standard InChI is InChI=1S/C12H21NO2/c1-15-12(14)8-9-4-2-3-5-11(9)13-10-6-7-10/h9-11,13H,2-8H2,1H3. The minimum absolute atomic E-state index is 0.0514. The number of carbonyl (C=O) groups is 1. The summed E-state index contributed by atoms with van der Waals surface area (Å²) in [4.78, 5) is 11.3. The normalized spacial score (nSPS) is 31.3. The van der Waals surface area contributed by atoms with Crippen molar-refractivity contribution in [3.8, 4) is 0 Å². The van der Waals surface area contributed by atoms with E-state index in [1.165, 1.54) is 45.6 Å². The zero-order valence-corrected chi connectivity index (χ0v) is 9.50. The fourth-order valence-electron chi connectivity index (χ4n) is 2.52. The Hall–Kier alpha value is -0.570. The van der Waals surface area contributed by atoms with Gasteiger partial charge in [0, 0.05) is 18.5 Å². The van der Waals surface area contributed by atoms with Crippen molar-refractivity contribution in [1.82, 2.24) is 5.32 Å². The molecule has 1 N–H and O–H groups in total. The third-order valence-electron chi connectivity index (χ3n) is 3.59. The first-order chi connectivity index (χ1) is 7.29. The molecule has 2 aliphatic rings. The van der Waals surface area contributed by atoms with E-state index in [2.05, 4.69) is 5.32 Å². The Morgan fingerprint density at radius 3 is 2.67 bits per heavy atom. The average Bonchev–Trinajstić information content (AvgIpc) is 3.04. The van der Waals surface area contributed by atoms with Crippen molar-refractivity contribution in [1.29, 1.82) is 0 Å². The quantitative estimate of drug-likeness (QED) is 0.721. The molecule has 2 fully saturated rings. The van der Waals surface area contributed by atoms with Gasteiger partial charge in [-0.2, -0.15) is 0 Å². The summed E-state index contributed by atoms with van der Waals surface area (Å²) in [5.41, 5.74) is 0. The van der Waals surface area contributed by atoms with Gasteiger partial charge in [0.2, 0.25) is 0 Å². The van der Waals surface area contributed by atoms with E-state index in [4.69, 9.17) is 4.74 Å². The molecule has 2 aliphatic carbocycles. The lowest BCUT2D eigenvalue weighted by atomic mass is 9.82. The molecule has 0 saturated heterocycles. The second kappa shape index (κ2) is 4.97. The number of ether oxygens (including phenoxy) is 1. The van der Waals surface area contributed by atoms with E-state index < -0.39 is 0 Å². The molecule has 2 unspecified atom stereocenters. The molecule has 3 nitrogen and oxygen atoms in total. The maximum absolute atomic E-state index is 11.3. The molecule has 0 aromatic carbocycles. The maximum atomic E-state index is 11.3. The fraction of sp³-hybridized carbons (Fsp3) is 0.917. The number of esters is 1. The summed E-state index contributed by atoms with van der Waals surface area (Å²) in [5.74, 6) is 0.455. The number of carbonyl (C=O) groups excluding carboxylic acids is 1. The van der Waals surface area contributed by atoms with E-state index in [0.717, 1.165) is 6.04 Å². The summed E-state index contributed by atoms with van der Waals surface area (Å²) in [7, 11) is 1.48. The molecular formula is C12H21NO2. The highest BCUT2D eigenvalue weighted by molar-refractivity contribution is 5.69. The molecule has 0 aromatic heterocycles. The largest absolute Gasteiger partial charge is 0.469 e. The second-order valence-electron chi connectivity index (χ2n) is 4.87. The molecule has 2 rings (SSSR count). The lowest BCUT2D eigenvalue weighted by Crippen LogP contribution is -2.40. The summed E-state index contributed by atoms with van der Waals surface area (Å²) < 4.78 is 4.76. The molecule has 86 valence electrons. The van der Waals surface area contributed by atoms with Crippen LogP contribution in [0, 0.1) is 5.92 Å². The third kappa shape index (κ3) is 3.20. The van der Waals surface area contributed by atoms with Crippen LogP contribution in [-0.2, 0) is 9.53 Å². The van der Waals surface area contributed by atoms with Crippen molar-refractivity contribution in [2.24, 2.45) is 5.92 Å².